The predicted octanol–water partition coefficient (Wildman–Crippen LogP) is 1.98. The Morgan fingerprint density at radius 1 is 1.06 bits per heavy atom. The van der Waals surface area contributed by atoms with Gasteiger partial charge in [0.2, 0.25) is 5.56 Å². The Kier molecular flexibility index (Phi) is 3.35. The lowest BCUT2D eigenvalue weighted by Gasteiger charge is -1.93. The number of esters is 1. The monoisotopic (exact) mass is 229 g/mol. The third-order valence-electron chi connectivity index (χ3n) is 2.21. The highest BCUT2D eigenvalue weighted by molar-refractivity contribution is 5.77. The van der Waals surface area contributed by atoms with Crippen LogP contribution in [-0.4, -0.2) is 11.0 Å². The minimum atomic E-state index is -0.157. The Morgan fingerprint density at radius 3 is 2.53 bits per heavy atom. The van der Waals surface area contributed by atoms with Crippen LogP contribution in [0.2, 0.25) is 0 Å². The van der Waals surface area contributed by atoms with Crippen LogP contribution in [0.5, 0.6) is 0 Å². The predicted molar refractivity (Wildman–Crippen MR) is 64.4 cm³/mol. The van der Waals surface area contributed by atoms with Gasteiger partial charge in [0, 0.05) is 11.6 Å². The number of ether oxygens (including phenoxy) is 1. The van der Waals surface area contributed by atoms with Crippen molar-refractivity contribution >= 4 is 16.9 Å². The van der Waals surface area contributed by atoms with Gasteiger partial charge in [-0.25, -0.2) is 0 Å². The molecule has 0 radical (unpaired) electrons. The van der Waals surface area contributed by atoms with E-state index in [-0.39, 0.29) is 11.5 Å². The summed E-state index contributed by atoms with van der Waals surface area (Å²) in [7, 11) is 0. The van der Waals surface area contributed by atoms with Gasteiger partial charge >= 0.3 is 5.97 Å². The lowest BCUT2D eigenvalue weighted by atomic mass is 10.2. The van der Waals surface area contributed by atoms with Crippen LogP contribution in [0, 0.1) is 0 Å². The smallest absolute Gasteiger partial charge is 0.314 e. The summed E-state index contributed by atoms with van der Waals surface area (Å²) in [6.45, 7) is 0. The van der Waals surface area contributed by atoms with Crippen molar-refractivity contribution in [1.82, 2.24) is 4.98 Å². The molecule has 86 valence electrons. The third-order valence-corrected chi connectivity index (χ3v) is 2.21. The van der Waals surface area contributed by atoms with Gasteiger partial charge in [0.05, 0.1) is 12.7 Å². The second-order valence-electron chi connectivity index (χ2n) is 3.48. The van der Waals surface area contributed by atoms with E-state index < -0.39 is 0 Å². The first-order chi connectivity index (χ1) is 8.25. The van der Waals surface area contributed by atoms with Gasteiger partial charge in [-0.05, 0) is 23.6 Å². The first-order valence-electron chi connectivity index (χ1n) is 5.18. The van der Waals surface area contributed by atoms with Crippen molar-refractivity contribution < 1.29 is 9.53 Å². The Bertz CT molecular complexity index is 603. The standard InChI is InChI=1S/C9H7NO.C4H4O2/c11-9-6-5-7-3-1-2-4-8(7)10-9;5-4-2-1-3-6-4/h1-6H,(H,10,11);1,3H,2H2. The summed E-state index contributed by atoms with van der Waals surface area (Å²) in [5, 5.41) is 1.06. The van der Waals surface area contributed by atoms with E-state index in [4.69, 9.17) is 0 Å². The van der Waals surface area contributed by atoms with Gasteiger partial charge in [0.15, 0.2) is 0 Å². The highest BCUT2D eigenvalue weighted by Gasteiger charge is 2.00. The molecule has 3 rings (SSSR count). The van der Waals surface area contributed by atoms with Crippen LogP contribution in [0.3, 0.4) is 0 Å². The van der Waals surface area contributed by atoms with Gasteiger partial charge in [-0.15, -0.1) is 0 Å². The fraction of sp³-hybridized carbons (Fsp3) is 0.0769. The summed E-state index contributed by atoms with van der Waals surface area (Å²) in [6, 6.07) is 11.0. The van der Waals surface area contributed by atoms with E-state index in [9.17, 15) is 9.59 Å². The van der Waals surface area contributed by atoms with Gasteiger partial charge in [0.25, 0.3) is 0 Å². The topological polar surface area (TPSA) is 59.2 Å². The highest BCUT2D eigenvalue weighted by atomic mass is 16.5. The van der Waals surface area contributed by atoms with Crippen LogP contribution in [0.4, 0.5) is 0 Å². The molecule has 1 aromatic carbocycles. The minimum absolute atomic E-state index is 0.0521. The molecule has 4 nitrogen and oxygen atoms in total. The number of carbonyl (C=O) groups excluding carboxylic acids is 1. The van der Waals surface area contributed by atoms with Crippen molar-refractivity contribution in [2.24, 2.45) is 0 Å². The van der Waals surface area contributed by atoms with Crippen LogP contribution in [0.25, 0.3) is 10.9 Å². The van der Waals surface area contributed by atoms with E-state index in [0.717, 1.165) is 10.9 Å². The summed E-state index contributed by atoms with van der Waals surface area (Å²) in [6.07, 6.45) is 3.53. The molecule has 0 saturated heterocycles. The van der Waals surface area contributed by atoms with Crippen molar-refractivity contribution in [2.45, 2.75) is 6.42 Å². The van der Waals surface area contributed by atoms with Crippen molar-refractivity contribution in [2.75, 3.05) is 0 Å². The van der Waals surface area contributed by atoms with Crippen molar-refractivity contribution in [3.63, 3.8) is 0 Å². The number of nitrogens with one attached hydrogen (secondary N) is 1. The quantitative estimate of drug-likeness (QED) is 0.702. The van der Waals surface area contributed by atoms with Gasteiger partial charge in [-0.1, -0.05) is 18.2 Å². The number of rotatable bonds is 0. The van der Waals surface area contributed by atoms with Crippen LogP contribution in [0.15, 0.2) is 53.5 Å². The van der Waals surface area contributed by atoms with E-state index in [0.29, 0.717) is 6.42 Å². The number of aromatic nitrogens is 1. The molecule has 0 saturated carbocycles. The molecule has 1 aromatic heterocycles. The molecular formula is C13H11NO3. The van der Waals surface area contributed by atoms with E-state index >= 15 is 0 Å². The number of benzene rings is 1. The fourth-order valence-electron chi connectivity index (χ4n) is 1.41. The zero-order valence-corrected chi connectivity index (χ0v) is 9.05. The summed E-state index contributed by atoms with van der Waals surface area (Å²) in [4.78, 5) is 23.5. The maximum Gasteiger partial charge on any atom is 0.314 e. The zero-order chi connectivity index (χ0) is 12.1. The molecule has 17 heavy (non-hydrogen) atoms. The molecule has 0 aliphatic carbocycles. The third kappa shape index (κ3) is 3.04. The van der Waals surface area contributed by atoms with Crippen molar-refractivity contribution in [3.8, 4) is 0 Å². The average Bonchev–Trinajstić information content (AvgIpc) is 2.81. The molecule has 0 amide bonds. The maximum absolute atomic E-state index is 10.8. The molecule has 0 bridgehead atoms. The molecule has 0 unspecified atom stereocenters. The molecular weight excluding hydrogens is 218 g/mol. The Labute approximate surface area is 97.5 Å². The number of fused-ring (bicyclic) bond motifs is 1. The zero-order valence-electron chi connectivity index (χ0n) is 9.05. The molecule has 1 aliphatic rings. The molecule has 2 heterocycles. The van der Waals surface area contributed by atoms with E-state index in [1.165, 1.54) is 12.3 Å². The molecule has 0 atom stereocenters. The Morgan fingerprint density at radius 2 is 1.88 bits per heavy atom. The summed E-state index contributed by atoms with van der Waals surface area (Å²) >= 11 is 0. The average molecular weight is 229 g/mol. The SMILES string of the molecule is O=C1CC=CO1.O=c1ccc2ccccc2[nH]1. The van der Waals surface area contributed by atoms with E-state index in [2.05, 4.69) is 9.72 Å². The number of carbonyl (C=O) groups is 1. The Hall–Kier alpha value is -2.36. The van der Waals surface area contributed by atoms with Gasteiger partial charge in [-0.3, -0.25) is 9.59 Å². The van der Waals surface area contributed by atoms with Gasteiger partial charge < -0.3 is 9.72 Å². The number of pyridine rings is 1. The van der Waals surface area contributed by atoms with E-state index in [1.807, 2.05) is 30.3 Å². The maximum atomic E-state index is 10.8. The number of cyclic esters (lactones) is 1. The number of para-hydroxylation sites is 1. The summed E-state index contributed by atoms with van der Waals surface area (Å²) in [5.74, 6) is -0.157. The van der Waals surface area contributed by atoms with Crippen LogP contribution < -0.4 is 5.56 Å². The lowest BCUT2D eigenvalue weighted by molar-refractivity contribution is -0.135. The highest BCUT2D eigenvalue weighted by Crippen LogP contribution is 2.06. The van der Waals surface area contributed by atoms with Gasteiger partial charge in [-0.2, -0.15) is 0 Å². The summed E-state index contributed by atoms with van der Waals surface area (Å²) < 4.78 is 4.33. The fourth-order valence-corrected chi connectivity index (χ4v) is 1.41. The lowest BCUT2D eigenvalue weighted by Crippen LogP contribution is -2.01. The van der Waals surface area contributed by atoms with Crippen molar-refractivity contribution in [1.29, 1.82) is 0 Å². The second-order valence-corrected chi connectivity index (χ2v) is 3.48. The van der Waals surface area contributed by atoms with Crippen LogP contribution in [-0.2, 0) is 9.53 Å². The Balaban J connectivity index is 0.000000153. The first-order valence-corrected chi connectivity index (χ1v) is 5.18. The van der Waals surface area contributed by atoms with Crippen LogP contribution >= 0.6 is 0 Å². The molecule has 2 aromatic rings. The normalized spacial score (nSPS) is 13.1. The largest absolute Gasteiger partial charge is 0.435 e. The molecule has 1 N–H and O–H groups in total. The van der Waals surface area contributed by atoms with Gasteiger partial charge in [0.1, 0.15) is 0 Å². The number of hydrogen-bond acceptors (Lipinski definition) is 3. The number of aromatic amines is 1. The van der Waals surface area contributed by atoms with Crippen LogP contribution in [0.1, 0.15) is 6.42 Å². The van der Waals surface area contributed by atoms with Crippen molar-refractivity contribution in [3.05, 3.63) is 59.1 Å². The molecule has 0 spiro atoms. The molecule has 4 heteroatoms. The summed E-state index contributed by atoms with van der Waals surface area (Å²) in [5.41, 5.74) is 0.837. The number of hydrogen-bond donors (Lipinski definition) is 1. The second kappa shape index (κ2) is 5.12. The minimum Gasteiger partial charge on any atom is -0.435 e. The first kappa shape index (κ1) is 11.1. The molecule has 0 fully saturated rings. The number of H-pyrrole nitrogens is 1. The molecule has 1 aliphatic heterocycles. The van der Waals surface area contributed by atoms with E-state index in [1.54, 1.807) is 6.08 Å².